The van der Waals surface area contributed by atoms with Gasteiger partial charge >= 0.3 is 0 Å². The molecule has 2 rings (SSSR count). The second-order valence-corrected chi connectivity index (χ2v) is 5.14. The van der Waals surface area contributed by atoms with Crippen molar-refractivity contribution in [1.82, 2.24) is 4.90 Å². The molecule has 0 saturated carbocycles. The van der Waals surface area contributed by atoms with Crippen LogP contribution in [0.1, 0.15) is 12.0 Å². The molecule has 0 aliphatic carbocycles. The Bertz CT molecular complexity index is 480. The van der Waals surface area contributed by atoms with Crippen molar-refractivity contribution >= 4 is 22.2 Å². The van der Waals surface area contributed by atoms with Crippen LogP contribution in [-0.2, 0) is 4.79 Å². The highest BCUT2D eigenvalue weighted by atomic mass is 32.1. The van der Waals surface area contributed by atoms with E-state index in [0.29, 0.717) is 18.7 Å². The second kappa shape index (κ2) is 5.48. The van der Waals surface area contributed by atoms with Crippen LogP contribution in [0, 0.1) is 11.3 Å². The van der Waals surface area contributed by atoms with Gasteiger partial charge in [-0.05, 0) is 24.9 Å². The second-order valence-electron chi connectivity index (χ2n) is 4.25. The average molecular weight is 265 g/mol. The molecule has 0 aromatic carbocycles. The molecule has 0 spiro atoms. The Kier molecular flexibility index (Phi) is 3.97. The smallest absolute Gasteiger partial charge is 0.245 e. The number of thiophene rings is 1. The monoisotopic (exact) mass is 265 g/mol. The fraction of sp³-hybridized carbons (Fsp3) is 0.500. The average Bonchev–Trinajstić information content (AvgIpc) is 2.94. The fourth-order valence-corrected chi connectivity index (χ4v) is 3.07. The highest BCUT2D eigenvalue weighted by Gasteiger charge is 2.36. The summed E-state index contributed by atoms with van der Waals surface area (Å²) < 4.78 is 0. The van der Waals surface area contributed by atoms with Crippen molar-refractivity contribution in [2.45, 2.75) is 12.5 Å². The number of likely N-dealkylation sites (N-methyl/N-ethyl adjacent to an activating group) is 1. The molecule has 1 aliphatic rings. The van der Waals surface area contributed by atoms with E-state index in [4.69, 9.17) is 10.4 Å². The van der Waals surface area contributed by atoms with Crippen LogP contribution in [0.2, 0.25) is 0 Å². The minimum Gasteiger partial charge on any atom is -0.395 e. The molecule has 2 heterocycles. The SMILES string of the molecule is CN(CCO)C1CCN(c2sccc2C#N)C1=O. The Morgan fingerprint density at radius 3 is 3.17 bits per heavy atom. The molecule has 1 unspecified atom stereocenters. The molecule has 1 atom stereocenters. The van der Waals surface area contributed by atoms with E-state index in [-0.39, 0.29) is 18.6 Å². The van der Waals surface area contributed by atoms with E-state index in [1.54, 1.807) is 11.0 Å². The van der Waals surface area contributed by atoms with Gasteiger partial charge < -0.3 is 10.0 Å². The molecule has 1 amide bonds. The number of nitriles is 1. The summed E-state index contributed by atoms with van der Waals surface area (Å²) in [7, 11) is 1.84. The molecule has 5 nitrogen and oxygen atoms in total. The molecule has 0 bridgehead atoms. The predicted octanol–water partition coefficient (Wildman–Crippen LogP) is 0.649. The Labute approximate surface area is 110 Å². The predicted molar refractivity (Wildman–Crippen MR) is 69.5 cm³/mol. The lowest BCUT2D eigenvalue weighted by Gasteiger charge is -2.22. The van der Waals surface area contributed by atoms with Crippen LogP contribution < -0.4 is 4.90 Å². The van der Waals surface area contributed by atoms with E-state index in [0.717, 1.165) is 11.4 Å². The molecule has 1 fully saturated rings. The summed E-state index contributed by atoms with van der Waals surface area (Å²) in [4.78, 5) is 15.8. The van der Waals surface area contributed by atoms with Gasteiger partial charge in [-0.15, -0.1) is 11.3 Å². The van der Waals surface area contributed by atoms with Gasteiger partial charge in [0.25, 0.3) is 0 Å². The molecule has 1 N–H and O–H groups in total. The zero-order chi connectivity index (χ0) is 13.1. The highest BCUT2D eigenvalue weighted by Crippen LogP contribution is 2.31. The summed E-state index contributed by atoms with van der Waals surface area (Å²) in [5, 5.41) is 20.5. The van der Waals surface area contributed by atoms with Gasteiger partial charge in [0, 0.05) is 13.1 Å². The van der Waals surface area contributed by atoms with Crippen molar-refractivity contribution in [3.63, 3.8) is 0 Å². The number of nitrogens with zero attached hydrogens (tertiary/aromatic N) is 3. The number of carbonyl (C=O) groups excluding carboxylic acids is 1. The van der Waals surface area contributed by atoms with Gasteiger partial charge in [-0.3, -0.25) is 9.69 Å². The van der Waals surface area contributed by atoms with Crippen LogP contribution in [0.25, 0.3) is 0 Å². The van der Waals surface area contributed by atoms with Gasteiger partial charge in [0.15, 0.2) is 0 Å². The first-order valence-corrected chi connectivity index (χ1v) is 6.67. The molecular weight excluding hydrogens is 250 g/mol. The Balaban J connectivity index is 2.15. The summed E-state index contributed by atoms with van der Waals surface area (Å²) in [5.74, 6) is 0.0184. The topological polar surface area (TPSA) is 67.6 Å². The van der Waals surface area contributed by atoms with Crippen LogP contribution >= 0.6 is 11.3 Å². The van der Waals surface area contributed by atoms with E-state index in [2.05, 4.69) is 6.07 Å². The summed E-state index contributed by atoms with van der Waals surface area (Å²) in [5.41, 5.74) is 0.554. The molecule has 1 aromatic rings. The maximum absolute atomic E-state index is 12.3. The lowest BCUT2D eigenvalue weighted by molar-refractivity contribution is -0.121. The molecular formula is C12H15N3O2S. The third-order valence-electron chi connectivity index (χ3n) is 3.17. The van der Waals surface area contributed by atoms with E-state index in [9.17, 15) is 4.79 Å². The van der Waals surface area contributed by atoms with Crippen LogP contribution in [0.4, 0.5) is 5.00 Å². The first-order chi connectivity index (χ1) is 8.69. The number of carbonyl (C=O) groups is 1. The summed E-state index contributed by atoms with van der Waals surface area (Å²) in [6.07, 6.45) is 0.734. The molecule has 18 heavy (non-hydrogen) atoms. The minimum atomic E-state index is -0.189. The van der Waals surface area contributed by atoms with Crippen molar-refractivity contribution in [3.8, 4) is 6.07 Å². The number of aliphatic hydroxyl groups is 1. The largest absolute Gasteiger partial charge is 0.395 e. The number of aliphatic hydroxyl groups excluding tert-OH is 1. The lowest BCUT2D eigenvalue weighted by Crippen LogP contribution is -2.40. The normalized spacial score (nSPS) is 19.6. The van der Waals surface area contributed by atoms with Crippen LogP contribution in [0.5, 0.6) is 0 Å². The number of amides is 1. The standard InChI is InChI=1S/C12H15N3O2S/c1-14(5-6-16)10-2-4-15(11(10)17)12-9(8-13)3-7-18-12/h3,7,10,16H,2,4-6H2,1H3. The van der Waals surface area contributed by atoms with Crippen LogP contribution in [0.15, 0.2) is 11.4 Å². The molecule has 6 heteroatoms. The molecule has 0 radical (unpaired) electrons. The van der Waals surface area contributed by atoms with Crippen molar-refractivity contribution < 1.29 is 9.90 Å². The maximum Gasteiger partial charge on any atom is 0.245 e. The number of hydrogen-bond acceptors (Lipinski definition) is 5. The zero-order valence-corrected chi connectivity index (χ0v) is 11.0. The van der Waals surface area contributed by atoms with Crippen molar-refractivity contribution in [1.29, 1.82) is 5.26 Å². The number of rotatable bonds is 4. The van der Waals surface area contributed by atoms with E-state index in [1.165, 1.54) is 11.3 Å². The molecule has 1 saturated heterocycles. The van der Waals surface area contributed by atoms with Gasteiger partial charge in [0.1, 0.15) is 11.1 Å². The first kappa shape index (κ1) is 13.0. The number of hydrogen-bond donors (Lipinski definition) is 1. The number of anilines is 1. The lowest BCUT2D eigenvalue weighted by atomic mass is 10.2. The van der Waals surface area contributed by atoms with Crippen molar-refractivity contribution in [2.75, 3.05) is 31.6 Å². The quantitative estimate of drug-likeness (QED) is 0.868. The Morgan fingerprint density at radius 1 is 1.72 bits per heavy atom. The van der Waals surface area contributed by atoms with Gasteiger partial charge in [-0.2, -0.15) is 5.26 Å². The molecule has 96 valence electrons. The van der Waals surface area contributed by atoms with Gasteiger partial charge in [-0.25, -0.2) is 0 Å². The fourth-order valence-electron chi connectivity index (χ4n) is 2.18. The summed E-state index contributed by atoms with van der Waals surface area (Å²) >= 11 is 1.42. The van der Waals surface area contributed by atoms with E-state index < -0.39 is 0 Å². The maximum atomic E-state index is 12.3. The molecule has 1 aromatic heterocycles. The van der Waals surface area contributed by atoms with Crippen LogP contribution in [-0.4, -0.2) is 48.7 Å². The third-order valence-corrected chi connectivity index (χ3v) is 4.11. The van der Waals surface area contributed by atoms with Crippen LogP contribution in [0.3, 0.4) is 0 Å². The highest BCUT2D eigenvalue weighted by molar-refractivity contribution is 7.14. The van der Waals surface area contributed by atoms with E-state index in [1.807, 2.05) is 17.3 Å². The first-order valence-electron chi connectivity index (χ1n) is 5.79. The van der Waals surface area contributed by atoms with E-state index >= 15 is 0 Å². The summed E-state index contributed by atoms with van der Waals surface area (Å²) in [6.45, 7) is 1.16. The van der Waals surface area contributed by atoms with Gasteiger partial charge in [0.2, 0.25) is 5.91 Å². The van der Waals surface area contributed by atoms with Gasteiger partial charge in [-0.1, -0.05) is 0 Å². The van der Waals surface area contributed by atoms with Crippen molar-refractivity contribution in [3.05, 3.63) is 17.0 Å². The Hall–Kier alpha value is -1.42. The van der Waals surface area contributed by atoms with Gasteiger partial charge in [0.05, 0.1) is 18.2 Å². The van der Waals surface area contributed by atoms with Crippen molar-refractivity contribution in [2.24, 2.45) is 0 Å². The summed E-state index contributed by atoms with van der Waals surface area (Å²) in [6, 6.07) is 3.65. The molecule has 1 aliphatic heterocycles. The zero-order valence-electron chi connectivity index (χ0n) is 10.2. The third kappa shape index (κ3) is 2.25. The minimum absolute atomic E-state index is 0.0184. The Morgan fingerprint density at radius 2 is 2.50 bits per heavy atom.